The maximum absolute atomic E-state index is 5.62. The topological polar surface area (TPSA) is 43.6 Å². The minimum atomic E-state index is 0.644. The molecule has 0 bridgehead atoms. The van der Waals surface area contributed by atoms with E-state index in [0.29, 0.717) is 11.8 Å². The van der Waals surface area contributed by atoms with Crippen LogP contribution >= 0.6 is 15.9 Å². The van der Waals surface area contributed by atoms with E-state index < -0.39 is 0 Å². The highest BCUT2D eigenvalue weighted by Gasteiger charge is 2.22. The lowest BCUT2D eigenvalue weighted by molar-refractivity contribution is 0.354. The number of ether oxygens (including phenoxy) is 2. The van der Waals surface area contributed by atoms with Gasteiger partial charge in [0.25, 0.3) is 0 Å². The first-order valence-electron chi connectivity index (χ1n) is 6.94. The van der Waals surface area contributed by atoms with Crippen LogP contribution in [0.3, 0.4) is 0 Å². The van der Waals surface area contributed by atoms with E-state index >= 15 is 0 Å². The number of nitrogens with one attached hydrogen (secondary N) is 1. The van der Waals surface area contributed by atoms with Gasteiger partial charge in [0, 0.05) is 18.2 Å². The summed E-state index contributed by atoms with van der Waals surface area (Å²) >= 11 is 3.53. The van der Waals surface area contributed by atoms with E-state index in [1.165, 1.54) is 12.8 Å². The fourth-order valence-corrected chi connectivity index (χ4v) is 2.72. The summed E-state index contributed by atoms with van der Waals surface area (Å²) in [4.78, 5) is 0. The van der Waals surface area contributed by atoms with Gasteiger partial charge >= 0.3 is 0 Å². The molecule has 1 aromatic carbocycles. The maximum Gasteiger partial charge on any atom is 0.161 e. The van der Waals surface area contributed by atoms with Gasteiger partial charge in [-0.3, -0.25) is 0 Å². The van der Waals surface area contributed by atoms with Gasteiger partial charge in [-0.2, -0.15) is 0 Å². The van der Waals surface area contributed by atoms with Gasteiger partial charge in [-0.25, -0.2) is 0 Å². The maximum atomic E-state index is 5.62. The van der Waals surface area contributed by atoms with E-state index in [1.54, 1.807) is 20.5 Å². The number of hydrogen-bond donors (Lipinski definition) is 1. The summed E-state index contributed by atoms with van der Waals surface area (Å²) in [6.07, 6.45) is 4.19. The Hall–Kier alpha value is -1.46. The number of halogens is 1. The molecular formula is C16H18BrNO3. The van der Waals surface area contributed by atoms with Crippen LogP contribution in [0.1, 0.15) is 18.4 Å². The van der Waals surface area contributed by atoms with Crippen LogP contribution in [0, 0.1) is 0 Å². The third-order valence-corrected chi connectivity index (χ3v) is 4.25. The Morgan fingerprint density at radius 3 is 2.52 bits per heavy atom. The first-order chi connectivity index (χ1) is 10.2. The summed E-state index contributed by atoms with van der Waals surface area (Å²) in [6, 6.07) is 6.51. The minimum Gasteiger partial charge on any atom is -0.493 e. The van der Waals surface area contributed by atoms with Crippen molar-refractivity contribution < 1.29 is 13.9 Å². The van der Waals surface area contributed by atoms with Gasteiger partial charge in [-0.05, 0) is 52.5 Å². The van der Waals surface area contributed by atoms with Crippen molar-refractivity contribution in [2.24, 2.45) is 0 Å². The molecule has 0 spiro atoms. The van der Waals surface area contributed by atoms with Crippen molar-refractivity contribution in [1.29, 1.82) is 0 Å². The summed E-state index contributed by atoms with van der Waals surface area (Å²) in [5, 5.41) is 3.53. The van der Waals surface area contributed by atoms with Gasteiger partial charge in [-0.15, -0.1) is 0 Å². The molecular weight excluding hydrogens is 334 g/mol. The Kier molecular flexibility index (Phi) is 4.22. The number of furan rings is 1. The van der Waals surface area contributed by atoms with Crippen LogP contribution in [0.4, 0.5) is 0 Å². The SMILES string of the molecule is COc1cc(CNC2CC2)c(-c2occc2Br)cc1OC. The largest absolute Gasteiger partial charge is 0.493 e. The Balaban J connectivity index is 2.02. The lowest BCUT2D eigenvalue weighted by Crippen LogP contribution is -2.16. The summed E-state index contributed by atoms with van der Waals surface area (Å²) in [5.74, 6) is 2.24. The van der Waals surface area contributed by atoms with E-state index in [-0.39, 0.29) is 0 Å². The predicted molar refractivity (Wildman–Crippen MR) is 84.8 cm³/mol. The van der Waals surface area contributed by atoms with Crippen molar-refractivity contribution in [1.82, 2.24) is 5.32 Å². The Morgan fingerprint density at radius 1 is 1.24 bits per heavy atom. The number of hydrogen-bond acceptors (Lipinski definition) is 4. The van der Waals surface area contributed by atoms with Gasteiger partial charge in [0.15, 0.2) is 11.5 Å². The van der Waals surface area contributed by atoms with Gasteiger partial charge in [0.2, 0.25) is 0 Å². The molecule has 1 heterocycles. The second-order valence-electron chi connectivity index (χ2n) is 5.12. The highest BCUT2D eigenvalue weighted by atomic mass is 79.9. The lowest BCUT2D eigenvalue weighted by atomic mass is 10.0. The number of rotatable bonds is 6. The zero-order valence-electron chi connectivity index (χ0n) is 12.1. The van der Waals surface area contributed by atoms with Crippen molar-refractivity contribution in [3.63, 3.8) is 0 Å². The molecule has 1 fully saturated rings. The third-order valence-electron chi connectivity index (χ3n) is 3.63. The molecule has 3 rings (SSSR count). The standard InChI is InChI=1S/C16H18BrNO3/c1-19-14-7-10(9-18-11-3-4-11)12(8-15(14)20-2)16-13(17)5-6-21-16/h5-8,11,18H,3-4,9H2,1-2H3. The molecule has 0 amide bonds. The van der Waals surface area contributed by atoms with Crippen LogP contribution in [0.15, 0.2) is 33.4 Å². The average Bonchev–Trinajstić information content (AvgIpc) is 3.24. The minimum absolute atomic E-state index is 0.644. The van der Waals surface area contributed by atoms with Crippen molar-refractivity contribution in [3.05, 3.63) is 34.5 Å². The van der Waals surface area contributed by atoms with E-state index in [2.05, 4.69) is 21.2 Å². The molecule has 1 saturated carbocycles. The van der Waals surface area contributed by atoms with Gasteiger partial charge in [-0.1, -0.05) is 0 Å². The molecule has 0 unspecified atom stereocenters. The van der Waals surface area contributed by atoms with Crippen LogP contribution in [-0.2, 0) is 6.54 Å². The monoisotopic (exact) mass is 351 g/mol. The van der Waals surface area contributed by atoms with Crippen LogP contribution in [0.5, 0.6) is 11.5 Å². The first kappa shape index (κ1) is 14.5. The highest BCUT2D eigenvalue weighted by molar-refractivity contribution is 9.10. The molecule has 1 N–H and O–H groups in total. The molecule has 5 heteroatoms. The molecule has 2 aromatic rings. The smallest absolute Gasteiger partial charge is 0.161 e. The molecule has 0 radical (unpaired) electrons. The fraction of sp³-hybridized carbons (Fsp3) is 0.375. The Bertz CT molecular complexity index is 634. The van der Waals surface area contributed by atoms with Crippen molar-refractivity contribution in [2.75, 3.05) is 14.2 Å². The molecule has 0 saturated heterocycles. The zero-order chi connectivity index (χ0) is 14.8. The number of benzene rings is 1. The summed E-state index contributed by atoms with van der Waals surface area (Å²) in [6.45, 7) is 0.785. The van der Waals surface area contributed by atoms with Crippen LogP contribution in [0.25, 0.3) is 11.3 Å². The van der Waals surface area contributed by atoms with Crippen LogP contribution in [0.2, 0.25) is 0 Å². The second-order valence-corrected chi connectivity index (χ2v) is 5.97. The summed E-state index contributed by atoms with van der Waals surface area (Å²) < 4.78 is 17.4. The van der Waals surface area contributed by atoms with E-state index in [9.17, 15) is 0 Å². The zero-order valence-corrected chi connectivity index (χ0v) is 13.7. The van der Waals surface area contributed by atoms with Crippen molar-refractivity contribution >= 4 is 15.9 Å². The first-order valence-corrected chi connectivity index (χ1v) is 7.74. The lowest BCUT2D eigenvalue weighted by Gasteiger charge is -2.14. The summed E-state index contributed by atoms with van der Waals surface area (Å²) in [7, 11) is 3.29. The van der Waals surface area contributed by atoms with Gasteiger partial charge in [0.1, 0.15) is 5.76 Å². The predicted octanol–water partition coefficient (Wildman–Crippen LogP) is 3.98. The van der Waals surface area contributed by atoms with E-state index in [4.69, 9.17) is 13.9 Å². The normalized spacial score (nSPS) is 14.2. The van der Waals surface area contributed by atoms with Crippen LogP contribution < -0.4 is 14.8 Å². The summed E-state index contributed by atoms with van der Waals surface area (Å²) in [5.41, 5.74) is 2.15. The molecule has 0 aliphatic heterocycles. The molecule has 112 valence electrons. The Morgan fingerprint density at radius 2 is 1.95 bits per heavy atom. The molecule has 1 aliphatic carbocycles. The Labute approximate surface area is 132 Å². The molecule has 1 aromatic heterocycles. The molecule has 0 atom stereocenters. The quantitative estimate of drug-likeness (QED) is 0.854. The molecule has 1 aliphatic rings. The second kappa shape index (κ2) is 6.12. The van der Waals surface area contributed by atoms with E-state index in [1.807, 2.05) is 18.2 Å². The van der Waals surface area contributed by atoms with E-state index in [0.717, 1.165) is 33.7 Å². The third kappa shape index (κ3) is 3.09. The van der Waals surface area contributed by atoms with Crippen molar-refractivity contribution in [3.8, 4) is 22.8 Å². The van der Waals surface area contributed by atoms with Crippen molar-refractivity contribution in [2.45, 2.75) is 25.4 Å². The number of methoxy groups -OCH3 is 2. The van der Waals surface area contributed by atoms with Gasteiger partial charge in [0.05, 0.1) is 25.0 Å². The highest BCUT2D eigenvalue weighted by Crippen LogP contribution is 2.39. The van der Waals surface area contributed by atoms with Crippen LogP contribution in [-0.4, -0.2) is 20.3 Å². The molecule has 21 heavy (non-hydrogen) atoms. The van der Waals surface area contributed by atoms with Gasteiger partial charge < -0.3 is 19.2 Å². The molecule has 4 nitrogen and oxygen atoms in total. The fourth-order valence-electron chi connectivity index (χ4n) is 2.31. The average molecular weight is 352 g/mol.